The van der Waals surface area contributed by atoms with Crippen molar-refractivity contribution in [2.24, 2.45) is 0 Å². The number of amides is 1. The standard InChI is InChI=1S/C21H22N4O/c1-25(16-6-3-2-4-7-16)21(26)18-9-10-19(24-15-11-13-22-14-15)17-8-5-12-23-20(17)18/h2-10,12,15,22,24H,11,13-14H2,1H3. The lowest BCUT2D eigenvalue weighted by Crippen LogP contribution is -2.27. The van der Waals surface area contributed by atoms with Crippen molar-refractivity contribution < 1.29 is 4.79 Å². The van der Waals surface area contributed by atoms with E-state index in [4.69, 9.17) is 0 Å². The number of nitrogens with one attached hydrogen (secondary N) is 2. The van der Waals surface area contributed by atoms with Crippen molar-refractivity contribution in [1.29, 1.82) is 0 Å². The number of benzene rings is 2. The van der Waals surface area contributed by atoms with Crippen LogP contribution in [0.1, 0.15) is 16.8 Å². The van der Waals surface area contributed by atoms with Gasteiger partial charge in [0.2, 0.25) is 0 Å². The number of fused-ring (bicyclic) bond motifs is 1. The highest BCUT2D eigenvalue weighted by molar-refractivity contribution is 6.14. The van der Waals surface area contributed by atoms with Crippen molar-refractivity contribution in [3.8, 4) is 0 Å². The van der Waals surface area contributed by atoms with Crippen molar-refractivity contribution in [2.75, 3.05) is 30.4 Å². The normalized spacial score (nSPS) is 16.6. The smallest absolute Gasteiger partial charge is 0.260 e. The minimum atomic E-state index is -0.0611. The Kier molecular flexibility index (Phi) is 4.54. The summed E-state index contributed by atoms with van der Waals surface area (Å²) < 4.78 is 0. The van der Waals surface area contributed by atoms with Crippen LogP contribution in [0.25, 0.3) is 10.9 Å². The number of carbonyl (C=O) groups excluding carboxylic acids is 1. The summed E-state index contributed by atoms with van der Waals surface area (Å²) in [6.45, 7) is 1.99. The highest BCUT2D eigenvalue weighted by atomic mass is 16.2. The first kappa shape index (κ1) is 16.5. The fourth-order valence-electron chi connectivity index (χ4n) is 3.42. The molecule has 26 heavy (non-hydrogen) atoms. The molecule has 1 atom stereocenters. The Hall–Kier alpha value is -2.92. The van der Waals surface area contributed by atoms with Crippen molar-refractivity contribution in [2.45, 2.75) is 12.5 Å². The molecule has 2 N–H and O–H groups in total. The summed E-state index contributed by atoms with van der Waals surface area (Å²) in [7, 11) is 1.79. The molecule has 0 spiro atoms. The summed E-state index contributed by atoms with van der Waals surface area (Å²) in [6, 6.07) is 17.9. The Bertz CT molecular complexity index is 920. The zero-order chi connectivity index (χ0) is 17.9. The van der Waals surface area contributed by atoms with Crippen LogP contribution in [0.2, 0.25) is 0 Å². The van der Waals surface area contributed by atoms with Gasteiger partial charge in [0.05, 0.1) is 11.1 Å². The van der Waals surface area contributed by atoms with Gasteiger partial charge < -0.3 is 15.5 Å². The third-order valence-corrected chi connectivity index (χ3v) is 4.87. The molecule has 2 heterocycles. The van der Waals surface area contributed by atoms with Gasteiger partial charge in [-0.2, -0.15) is 0 Å². The molecule has 1 aromatic heterocycles. The fourth-order valence-corrected chi connectivity index (χ4v) is 3.42. The van der Waals surface area contributed by atoms with E-state index in [2.05, 4.69) is 15.6 Å². The van der Waals surface area contributed by atoms with Gasteiger partial charge in [0.15, 0.2) is 0 Å². The number of aromatic nitrogens is 1. The highest BCUT2D eigenvalue weighted by Gasteiger charge is 2.20. The maximum atomic E-state index is 13.1. The first-order valence-corrected chi connectivity index (χ1v) is 8.92. The lowest BCUT2D eigenvalue weighted by atomic mass is 10.1. The molecule has 1 aliphatic rings. The van der Waals surface area contributed by atoms with Crippen LogP contribution in [0.4, 0.5) is 11.4 Å². The van der Waals surface area contributed by atoms with E-state index in [-0.39, 0.29) is 5.91 Å². The van der Waals surface area contributed by atoms with E-state index in [1.54, 1.807) is 18.1 Å². The largest absolute Gasteiger partial charge is 0.380 e. The fraction of sp³-hybridized carbons (Fsp3) is 0.238. The third kappa shape index (κ3) is 3.13. The van der Waals surface area contributed by atoms with E-state index >= 15 is 0 Å². The van der Waals surface area contributed by atoms with Gasteiger partial charge in [-0.25, -0.2) is 0 Å². The second-order valence-corrected chi connectivity index (χ2v) is 6.59. The van der Waals surface area contributed by atoms with Crippen LogP contribution in [0.15, 0.2) is 60.8 Å². The number of pyridine rings is 1. The molecule has 132 valence electrons. The number of carbonyl (C=O) groups is 1. The van der Waals surface area contributed by atoms with Gasteiger partial charge in [-0.05, 0) is 49.4 Å². The number of para-hydroxylation sites is 1. The van der Waals surface area contributed by atoms with E-state index in [1.165, 1.54) is 0 Å². The minimum Gasteiger partial charge on any atom is -0.380 e. The Morgan fingerprint density at radius 3 is 2.77 bits per heavy atom. The molecule has 3 aromatic rings. The van der Waals surface area contributed by atoms with Crippen LogP contribution in [0.5, 0.6) is 0 Å². The molecule has 1 fully saturated rings. The number of rotatable bonds is 4. The maximum Gasteiger partial charge on any atom is 0.260 e. The molecule has 1 aliphatic heterocycles. The van der Waals surface area contributed by atoms with Gasteiger partial charge in [-0.1, -0.05) is 18.2 Å². The molecular weight excluding hydrogens is 324 g/mol. The van der Waals surface area contributed by atoms with Crippen molar-refractivity contribution in [3.05, 3.63) is 66.4 Å². The van der Waals surface area contributed by atoms with Crippen LogP contribution in [0.3, 0.4) is 0 Å². The average molecular weight is 346 g/mol. The molecule has 0 aliphatic carbocycles. The predicted octanol–water partition coefficient (Wildman–Crippen LogP) is 3.29. The summed E-state index contributed by atoms with van der Waals surface area (Å²) in [5.41, 5.74) is 3.24. The topological polar surface area (TPSA) is 57.3 Å². The van der Waals surface area contributed by atoms with Crippen LogP contribution >= 0.6 is 0 Å². The summed E-state index contributed by atoms with van der Waals surface area (Å²) in [4.78, 5) is 19.2. The van der Waals surface area contributed by atoms with Crippen LogP contribution in [0, 0.1) is 0 Å². The quantitative estimate of drug-likeness (QED) is 0.761. The molecule has 4 rings (SSSR count). The van der Waals surface area contributed by atoms with Gasteiger partial charge in [-0.3, -0.25) is 9.78 Å². The Morgan fingerprint density at radius 1 is 1.15 bits per heavy atom. The number of hydrogen-bond donors (Lipinski definition) is 2. The summed E-state index contributed by atoms with van der Waals surface area (Å²) >= 11 is 0. The number of hydrogen-bond acceptors (Lipinski definition) is 4. The van der Waals surface area contributed by atoms with Crippen LogP contribution in [-0.4, -0.2) is 37.1 Å². The Balaban J connectivity index is 1.71. The number of nitrogens with zero attached hydrogens (tertiary/aromatic N) is 2. The highest BCUT2D eigenvalue weighted by Crippen LogP contribution is 2.28. The van der Waals surface area contributed by atoms with Crippen molar-refractivity contribution in [1.82, 2.24) is 10.3 Å². The molecule has 0 bridgehead atoms. The Labute approximate surface area is 153 Å². The first-order valence-electron chi connectivity index (χ1n) is 8.92. The molecule has 0 radical (unpaired) electrons. The average Bonchev–Trinajstić information content (AvgIpc) is 3.21. The molecular formula is C21H22N4O. The molecule has 1 unspecified atom stereocenters. The minimum absolute atomic E-state index is 0.0611. The Morgan fingerprint density at radius 2 is 2.00 bits per heavy atom. The monoisotopic (exact) mass is 346 g/mol. The molecule has 1 saturated heterocycles. The lowest BCUT2D eigenvalue weighted by Gasteiger charge is -2.20. The SMILES string of the molecule is CN(C(=O)c1ccc(NC2CCNC2)c2cccnc12)c1ccccc1. The van der Waals surface area contributed by atoms with E-state index in [1.807, 2.05) is 54.6 Å². The van der Waals surface area contributed by atoms with E-state index in [0.29, 0.717) is 11.6 Å². The van der Waals surface area contributed by atoms with Crippen LogP contribution < -0.4 is 15.5 Å². The van der Waals surface area contributed by atoms with Gasteiger partial charge in [0.25, 0.3) is 5.91 Å². The van der Waals surface area contributed by atoms with Crippen molar-refractivity contribution in [3.63, 3.8) is 0 Å². The van der Waals surface area contributed by atoms with E-state index in [9.17, 15) is 4.79 Å². The van der Waals surface area contributed by atoms with Crippen molar-refractivity contribution >= 4 is 28.2 Å². The van der Waals surface area contributed by atoms with Gasteiger partial charge >= 0.3 is 0 Å². The third-order valence-electron chi connectivity index (χ3n) is 4.87. The molecule has 2 aromatic carbocycles. The molecule has 1 amide bonds. The molecule has 5 nitrogen and oxygen atoms in total. The summed E-state index contributed by atoms with van der Waals surface area (Å²) in [5.74, 6) is -0.0611. The van der Waals surface area contributed by atoms with Gasteiger partial charge in [-0.15, -0.1) is 0 Å². The molecule has 5 heteroatoms. The number of anilines is 2. The summed E-state index contributed by atoms with van der Waals surface area (Å²) in [6.07, 6.45) is 2.84. The molecule has 0 saturated carbocycles. The second-order valence-electron chi connectivity index (χ2n) is 6.59. The second kappa shape index (κ2) is 7.14. The predicted molar refractivity (Wildman–Crippen MR) is 106 cm³/mol. The van der Waals surface area contributed by atoms with E-state index in [0.717, 1.165) is 41.8 Å². The summed E-state index contributed by atoms with van der Waals surface area (Å²) in [5, 5.41) is 7.93. The van der Waals surface area contributed by atoms with Gasteiger partial charge in [0, 0.05) is 42.6 Å². The maximum absolute atomic E-state index is 13.1. The first-order chi connectivity index (χ1) is 12.7. The van der Waals surface area contributed by atoms with E-state index < -0.39 is 0 Å². The lowest BCUT2D eigenvalue weighted by molar-refractivity contribution is 0.0994. The zero-order valence-electron chi connectivity index (χ0n) is 14.8. The van der Waals surface area contributed by atoms with Gasteiger partial charge in [0.1, 0.15) is 0 Å². The van der Waals surface area contributed by atoms with Crippen LogP contribution in [-0.2, 0) is 0 Å². The zero-order valence-corrected chi connectivity index (χ0v) is 14.8.